The molecule has 2 N–H and O–H groups in total. The first-order chi connectivity index (χ1) is 48.5. The van der Waals surface area contributed by atoms with E-state index in [4.69, 9.17) is 0 Å². The van der Waals surface area contributed by atoms with Gasteiger partial charge in [-0.15, -0.1) is 0 Å². The molecule has 2 aliphatic rings. The van der Waals surface area contributed by atoms with Crippen LogP contribution in [-0.2, 0) is 38.5 Å². The molecular formula is C92H144N4O6. The van der Waals surface area contributed by atoms with E-state index in [1.54, 1.807) is 24.3 Å². The minimum absolute atomic E-state index is 0.0508. The second kappa shape index (κ2) is 43.1. The van der Waals surface area contributed by atoms with Crippen LogP contribution < -0.4 is 10.6 Å². The average Bonchev–Trinajstić information content (AvgIpc) is 0.714. The number of carbonyl (C=O) groups excluding carboxylic acids is 6. The molecule has 10 heteroatoms. The van der Waals surface area contributed by atoms with Crippen molar-refractivity contribution in [3.8, 4) is 0 Å². The fourth-order valence-corrected chi connectivity index (χ4v) is 16.0. The molecular weight excluding hydrogens is 1260 g/mol. The van der Waals surface area contributed by atoms with Gasteiger partial charge in [-0.1, -0.05) is 240 Å². The molecule has 0 aliphatic carbocycles. The van der Waals surface area contributed by atoms with Gasteiger partial charge in [0.1, 0.15) is 0 Å². The molecule has 0 saturated carbocycles. The van der Waals surface area contributed by atoms with E-state index in [0.717, 1.165) is 77.0 Å². The number of imide groups is 2. The van der Waals surface area contributed by atoms with Crippen molar-refractivity contribution in [3.05, 3.63) is 115 Å². The van der Waals surface area contributed by atoms with E-state index in [9.17, 15) is 28.8 Å². The number of nitrogens with zero attached hydrogens (tertiary/aromatic N) is 2. The van der Waals surface area contributed by atoms with Crippen molar-refractivity contribution in [3.63, 3.8) is 0 Å². The Morgan fingerprint density at radius 3 is 0.706 bits per heavy atom. The van der Waals surface area contributed by atoms with Crippen LogP contribution in [0.5, 0.6) is 0 Å². The zero-order valence-corrected chi connectivity index (χ0v) is 67.9. The van der Waals surface area contributed by atoms with E-state index in [-0.39, 0.29) is 60.2 Å². The van der Waals surface area contributed by atoms with Gasteiger partial charge in [0.2, 0.25) is 0 Å². The van der Waals surface area contributed by atoms with Crippen LogP contribution in [0.4, 0.5) is 0 Å². The molecule has 2 heterocycles. The van der Waals surface area contributed by atoms with Gasteiger partial charge in [-0.3, -0.25) is 38.6 Å². The van der Waals surface area contributed by atoms with E-state index in [1.165, 1.54) is 159 Å². The van der Waals surface area contributed by atoms with Crippen molar-refractivity contribution in [1.82, 2.24) is 20.4 Å². The number of hydrogen-bond acceptors (Lipinski definition) is 6. The minimum atomic E-state index is -0.536. The van der Waals surface area contributed by atoms with Crippen molar-refractivity contribution in [2.45, 2.75) is 317 Å². The van der Waals surface area contributed by atoms with Crippen LogP contribution in [0.3, 0.4) is 0 Å². The molecule has 4 aromatic rings. The molecule has 102 heavy (non-hydrogen) atoms. The third-order valence-corrected chi connectivity index (χ3v) is 23.0. The lowest BCUT2D eigenvalue weighted by Crippen LogP contribution is -2.46. The zero-order chi connectivity index (χ0) is 74.7. The summed E-state index contributed by atoms with van der Waals surface area (Å²) in [5, 5.41) is 6.87. The molecule has 568 valence electrons. The third kappa shape index (κ3) is 27.1. The van der Waals surface area contributed by atoms with E-state index < -0.39 is 23.6 Å². The Bertz CT molecular complexity index is 2940. The van der Waals surface area contributed by atoms with Gasteiger partial charge >= 0.3 is 0 Å². The highest BCUT2D eigenvalue weighted by molar-refractivity contribution is 6.33. The number of benzene rings is 4. The minimum Gasteiger partial charge on any atom is -0.350 e. The van der Waals surface area contributed by atoms with E-state index in [2.05, 4.69) is 160 Å². The molecule has 6 atom stereocenters. The lowest BCUT2D eigenvalue weighted by atomic mass is 9.84. The molecule has 0 unspecified atom stereocenters. The molecule has 10 nitrogen and oxygen atoms in total. The summed E-state index contributed by atoms with van der Waals surface area (Å²) in [7, 11) is 0. The Hall–Kier alpha value is -5.64. The normalized spacial score (nSPS) is 15.1. The number of amides is 6. The van der Waals surface area contributed by atoms with Crippen LogP contribution in [0.25, 0.3) is 10.8 Å². The number of hydrogen-bond donors (Lipinski definition) is 2. The van der Waals surface area contributed by atoms with Crippen molar-refractivity contribution in [2.75, 3.05) is 26.2 Å². The van der Waals surface area contributed by atoms with Gasteiger partial charge in [0.15, 0.2) is 0 Å². The number of carbonyl (C=O) groups is 6. The third-order valence-electron chi connectivity index (χ3n) is 23.0. The van der Waals surface area contributed by atoms with Crippen LogP contribution in [0.15, 0.2) is 48.5 Å². The smallest absolute Gasteiger partial charge is 0.261 e. The number of rotatable bonds is 50. The molecule has 6 amide bonds. The maximum atomic E-state index is 14.6. The Morgan fingerprint density at radius 1 is 0.294 bits per heavy atom. The van der Waals surface area contributed by atoms with Crippen LogP contribution in [0.2, 0.25) is 0 Å². The molecule has 0 fully saturated rings. The van der Waals surface area contributed by atoms with Gasteiger partial charge in [0, 0.05) is 70.3 Å². The second-order valence-electron chi connectivity index (χ2n) is 35.5. The molecule has 0 spiro atoms. The Morgan fingerprint density at radius 2 is 0.500 bits per heavy atom. The Kier molecular flexibility index (Phi) is 36.0. The highest BCUT2D eigenvalue weighted by Crippen LogP contribution is 2.39. The summed E-state index contributed by atoms with van der Waals surface area (Å²) in [5.74, 6) is 5.08. The van der Waals surface area contributed by atoms with Gasteiger partial charge in [-0.25, -0.2) is 0 Å². The summed E-state index contributed by atoms with van der Waals surface area (Å²) >= 11 is 0. The molecule has 6 rings (SSSR count). The van der Waals surface area contributed by atoms with Crippen LogP contribution in [0, 0.1) is 71.0 Å². The fraction of sp³-hybridized carbons (Fsp3) is 0.696. The SMILES string of the molecule is CC(C)CCC[C@H](C)CCc1cc(C(=O)NCCN2C(=O)c3ccc4c5c(ccc(c35)C2=O)C(=O)N(CCNC(=O)c2cc(CC[C@@H](C)CCCC(C)C)c(CC[C@@H](C)CCCC(C)C)c(CC[C@@H](C)CCCC(C)C)c2)C4=O)cc(CC[C@@H](C)CCCC(C)C)c1CC[C@@H](C)CCCC(C)C. The van der Waals surface area contributed by atoms with Gasteiger partial charge in [0.05, 0.1) is 0 Å². The summed E-state index contributed by atoms with van der Waals surface area (Å²) in [4.78, 5) is 90.0. The Balaban J connectivity index is 1.19. The van der Waals surface area contributed by atoms with Crippen LogP contribution in [0.1, 0.15) is 374 Å². The monoisotopic (exact) mass is 1400 g/mol. The van der Waals surface area contributed by atoms with E-state index in [1.807, 2.05) is 0 Å². The van der Waals surface area contributed by atoms with Crippen molar-refractivity contribution in [2.24, 2.45) is 71.0 Å². The zero-order valence-electron chi connectivity index (χ0n) is 67.9. The van der Waals surface area contributed by atoms with Crippen molar-refractivity contribution in [1.29, 1.82) is 0 Å². The topological polar surface area (TPSA) is 133 Å². The standard InChI is InChI=1S/C92H144N4O6/c1-61(2)25-19-31-67(13)37-43-73-57-77(58-74(44-38-68(14)32-20-26-62(3)4)79(73)47-41-71(17)35-23-29-65(9)10)87(97)93-53-55-95-89(99)81-49-51-83-86-84(52-50-82(85(81)86)90(95)100)92(102)96(91(83)101)56-54-94-88(98)78-59-75(45-39-69(15)33-21-27-63(5)6)80(48-42-72(18)36-24-30-66(11)12)76(60-78)46-40-70(16)34-22-28-64(7)8/h49-52,57-72H,19-48,53-56H2,1-18H3,(H,93,97)(H,94,98)/t67-,68-,69-,70-,71-,72-/m0/s1. The van der Waals surface area contributed by atoms with Gasteiger partial charge in [0.25, 0.3) is 35.4 Å². The first kappa shape index (κ1) is 85.3. The predicted molar refractivity (Wildman–Crippen MR) is 429 cm³/mol. The largest absolute Gasteiger partial charge is 0.350 e. The maximum Gasteiger partial charge on any atom is 0.261 e. The quantitative estimate of drug-likeness (QED) is 0.0423. The second-order valence-corrected chi connectivity index (χ2v) is 35.5. The summed E-state index contributed by atoms with van der Waals surface area (Å²) < 4.78 is 0. The van der Waals surface area contributed by atoms with Crippen LogP contribution >= 0.6 is 0 Å². The predicted octanol–water partition coefficient (Wildman–Crippen LogP) is 23.3. The Labute approximate surface area is 621 Å². The lowest BCUT2D eigenvalue weighted by Gasteiger charge is -2.32. The van der Waals surface area contributed by atoms with E-state index >= 15 is 0 Å². The maximum absolute atomic E-state index is 14.6. The fourth-order valence-electron chi connectivity index (χ4n) is 16.0. The summed E-state index contributed by atoms with van der Waals surface area (Å²) in [6.45, 7) is 42.0. The molecule has 0 aromatic heterocycles. The van der Waals surface area contributed by atoms with Crippen molar-refractivity contribution < 1.29 is 28.8 Å². The highest BCUT2D eigenvalue weighted by Gasteiger charge is 2.40. The lowest BCUT2D eigenvalue weighted by molar-refractivity contribution is 0.0588. The van der Waals surface area contributed by atoms with E-state index in [0.29, 0.717) is 92.9 Å². The van der Waals surface area contributed by atoms with Crippen molar-refractivity contribution >= 4 is 46.2 Å². The molecule has 0 radical (unpaired) electrons. The molecule has 4 aromatic carbocycles. The highest BCUT2D eigenvalue weighted by atomic mass is 16.2. The summed E-state index contributed by atoms with van der Waals surface area (Å²) in [6, 6.07) is 15.0. The first-order valence-corrected chi connectivity index (χ1v) is 41.7. The number of aryl methyl sites for hydroxylation is 4. The van der Waals surface area contributed by atoms with Crippen LogP contribution in [-0.4, -0.2) is 71.4 Å². The molecule has 0 saturated heterocycles. The van der Waals surface area contributed by atoms with Gasteiger partial charge < -0.3 is 10.6 Å². The van der Waals surface area contributed by atoms with Gasteiger partial charge in [-0.2, -0.15) is 0 Å². The average molecular weight is 1400 g/mol. The first-order valence-electron chi connectivity index (χ1n) is 41.7. The molecule has 2 aliphatic heterocycles. The number of nitrogens with one attached hydrogen (secondary N) is 2. The summed E-state index contributed by atoms with van der Waals surface area (Å²) in [5.41, 5.74) is 10.2. The van der Waals surface area contributed by atoms with Gasteiger partial charge in [-0.05, 0) is 230 Å². The summed E-state index contributed by atoms with van der Waals surface area (Å²) in [6.07, 6.45) is 34.3. The molecule has 0 bridgehead atoms.